The van der Waals surface area contributed by atoms with Gasteiger partial charge in [0.05, 0.1) is 4.90 Å². The van der Waals surface area contributed by atoms with Crippen molar-refractivity contribution in [2.45, 2.75) is 43.9 Å². The van der Waals surface area contributed by atoms with Crippen molar-refractivity contribution in [3.63, 3.8) is 0 Å². The van der Waals surface area contributed by atoms with Crippen molar-refractivity contribution in [3.05, 3.63) is 59.7 Å². The van der Waals surface area contributed by atoms with Crippen LogP contribution in [-0.4, -0.2) is 31.7 Å². The summed E-state index contributed by atoms with van der Waals surface area (Å²) in [5.41, 5.74) is 2.28. The molecule has 3 rings (SSSR count). The van der Waals surface area contributed by atoms with Crippen LogP contribution in [0.3, 0.4) is 0 Å². The number of amides is 1. The summed E-state index contributed by atoms with van der Waals surface area (Å²) < 4.78 is 26.9. The predicted octanol–water partition coefficient (Wildman–Crippen LogP) is 4.24. The second-order valence-electron chi connectivity index (χ2n) is 7.19. The van der Waals surface area contributed by atoms with Crippen LogP contribution in [0.5, 0.6) is 0 Å². The molecule has 5 nitrogen and oxygen atoms in total. The van der Waals surface area contributed by atoms with Gasteiger partial charge in [0.25, 0.3) is 5.91 Å². The van der Waals surface area contributed by atoms with E-state index in [4.69, 9.17) is 0 Å². The van der Waals surface area contributed by atoms with Crippen molar-refractivity contribution in [2.75, 3.05) is 18.4 Å². The van der Waals surface area contributed by atoms with Crippen molar-refractivity contribution in [2.24, 2.45) is 0 Å². The van der Waals surface area contributed by atoms with E-state index in [0.717, 1.165) is 30.5 Å². The summed E-state index contributed by atoms with van der Waals surface area (Å²) in [6.07, 6.45) is 2.87. The Hall–Kier alpha value is -2.18. The van der Waals surface area contributed by atoms with E-state index in [1.807, 2.05) is 24.3 Å². The molecule has 0 aromatic heterocycles. The molecule has 0 spiro atoms. The quantitative estimate of drug-likeness (QED) is 0.836. The van der Waals surface area contributed by atoms with Crippen molar-refractivity contribution in [1.29, 1.82) is 0 Å². The smallest absolute Gasteiger partial charge is 0.255 e. The molecule has 0 radical (unpaired) electrons. The number of piperidine rings is 1. The molecule has 27 heavy (non-hydrogen) atoms. The second kappa shape index (κ2) is 8.23. The van der Waals surface area contributed by atoms with Gasteiger partial charge >= 0.3 is 0 Å². The third kappa shape index (κ3) is 4.39. The molecule has 1 N–H and O–H groups in total. The number of sulfonamides is 1. The molecular formula is C21H26N2O3S. The van der Waals surface area contributed by atoms with E-state index < -0.39 is 10.0 Å². The number of hydrogen-bond acceptors (Lipinski definition) is 3. The number of anilines is 1. The lowest BCUT2D eigenvalue weighted by molar-refractivity contribution is 0.102. The fourth-order valence-electron chi connectivity index (χ4n) is 3.34. The summed E-state index contributed by atoms with van der Waals surface area (Å²) in [7, 11) is -3.48. The number of nitrogens with zero attached hydrogens (tertiary/aromatic N) is 1. The monoisotopic (exact) mass is 386 g/mol. The number of carbonyl (C=O) groups is 1. The zero-order valence-corrected chi connectivity index (χ0v) is 16.6. The van der Waals surface area contributed by atoms with Gasteiger partial charge in [0.15, 0.2) is 0 Å². The minimum absolute atomic E-state index is 0.239. The maximum atomic E-state index is 12.7. The summed E-state index contributed by atoms with van der Waals surface area (Å²) in [6.45, 7) is 5.28. The Labute approximate surface area is 161 Å². The fourth-order valence-corrected chi connectivity index (χ4v) is 4.86. The summed E-state index contributed by atoms with van der Waals surface area (Å²) in [5.74, 6) is 0.0450. The molecule has 1 heterocycles. The van der Waals surface area contributed by atoms with E-state index >= 15 is 0 Å². The molecule has 1 fully saturated rings. The molecule has 1 aliphatic rings. The summed E-state index contributed by atoms with van der Waals surface area (Å²) in [6, 6.07) is 13.9. The topological polar surface area (TPSA) is 66.5 Å². The molecule has 1 amide bonds. The van der Waals surface area contributed by atoms with E-state index in [-0.39, 0.29) is 10.8 Å². The maximum Gasteiger partial charge on any atom is 0.255 e. The van der Waals surface area contributed by atoms with Gasteiger partial charge in [-0.1, -0.05) is 38.5 Å². The first-order valence-electron chi connectivity index (χ1n) is 9.40. The first-order valence-corrected chi connectivity index (χ1v) is 10.8. The van der Waals surface area contributed by atoms with Crippen LogP contribution in [-0.2, 0) is 10.0 Å². The van der Waals surface area contributed by atoms with Crippen LogP contribution in [0.25, 0.3) is 0 Å². The van der Waals surface area contributed by atoms with Gasteiger partial charge in [-0.2, -0.15) is 4.31 Å². The standard InChI is InChI=1S/C21H26N2O3S/c1-16(2)19-8-4-5-9-20(19)22-21(24)17-10-12-18(13-11-17)27(25,26)23-14-6-3-7-15-23/h4-5,8-13,16H,3,6-7,14-15H2,1-2H3,(H,22,24). The lowest BCUT2D eigenvalue weighted by Gasteiger charge is -2.25. The lowest BCUT2D eigenvalue weighted by Crippen LogP contribution is -2.35. The molecule has 2 aromatic carbocycles. The molecule has 144 valence electrons. The Morgan fingerprint density at radius 2 is 1.59 bits per heavy atom. The molecule has 1 aliphatic heterocycles. The SMILES string of the molecule is CC(C)c1ccccc1NC(=O)c1ccc(S(=O)(=O)N2CCCCC2)cc1. The van der Waals surface area contributed by atoms with Gasteiger partial charge in [-0.25, -0.2) is 8.42 Å². The number of hydrogen-bond donors (Lipinski definition) is 1. The van der Waals surface area contributed by atoms with Gasteiger partial charge in [-0.15, -0.1) is 0 Å². The average Bonchev–Trinajstić information content (AvgIpc) is 2.69. The molecule has 0 aliphatic carbocycles. The fraction of sp³-hybridized carbons (Fsp3) is 0.381. The maximum absolute atomic E-state index is 12.7. The Balaban J connectivity index is 1.76. The number of carbonyl (C=O) groups excluding carboxylic acids is 1. The molecule has 6 heteroatoms. The third-order valence-electron chi connectivity index (χ3n) is 4.90. The minimum atomic E-state index is -3.48. The zero-order valence-electron chi connectivity index (χ0n) is 15.8. The molecule has 0 unspecified atom stereocenters. The minimum Gasteiger partial charge on any atom is -0.322 e. The Morgan fingerprint density at radius 3 is 2.22 bits per heavy atom. The molecule has 0 saturated carbocycles. The van der Waals surface area contributed by atoms with E-state index in [2.05, 4.69) is 19.2 Å². The van der Waals surface area contributed by atoms with Crippen LogP contribution in [0.4, 0.5) is 5.69 Å². The second-order valence-corrected chi connectivity index (χ2v) is 9.12. The predicted molar refractivity (Wildman–Crippen MR) is 108 cm³/mol. The van der Waals surface area contributed by atoms with E-state index in [0.29, 0.717) is 24.6 Å². The first-order chi connectivity index (χ1) is 12.9. The summed E-state index contributed by atoms with van der Waals surface area (Å²) >= 11 is 0. The van der Waals surface area contributed by atoms with Crippen molar-refractivity contribution in [3.8, 4) is 0 Å². The lowest BCUT2D eigenvalue weighted by atomic mass is 10.0. The van der Waals surface area contributed by atoms with E-state index in [1.165, 1.54) is 16.4 Å². The highest BCUT2D eigenvalue weighted by molar-refractivity contribution is 7.89. The largest absolute Gasteiger partial charge is 0.322 e. The van der Waals surface area contributed by atoms with Gasteiger partial charge in [0.1, 0.15) is 0 Å². The van der Waals surface area contributed by atoms with E-state index in [1.54, 1.807) is 12.1 Å². The number of para-hydroxylation sites is 1. The van der Waals surface area contributed by atoms with Crippen molar-refractivity contribution >= 4 is 21.6 Å². The van der Waals surface area contributed by atoms with Gasteiger partial charge in [0, 0.05) is 24.3 Å². The molecular weight excluding hydrogens is 360 g/mol. The Bertz CT molecular complexity index is 899. The molecule has 2 aromatic rings. The average molecular weight is 387 g/mol. The van der Waals surface area contributed by atoms with Crippen LogP contribution in [0.2, 0.25) is 0 Å². The van der Waals surface area contributed by atoms with Gasteiger partial charge in [-0.05, 0) is 54.7 Å². The number of rotatable bonds is 5. The Kier molecular flexibility index (Phi) is 5.97. The highest BCUT2D eigenvalue weighted by Crippen LogP contribution is 2.25. The van der Waals surface area contributed by atoms with Crippen LogP contribution < -0.4 is 5.32 Å². The third-order valence-corrected chi connectivity index (χ3v) is 6.81. The molecule has 1 saturated heterocycles. The summed E-state index contributed by atoms with van der Waals surface area (Å²) in [4.78, 5) is 12.8. The van der Waals surface area contributed by atoms with Gasteiger partial charge in [-0.3, -0.25) is 4.79 Å². The van der Waals surface area contributed by atoms with Gasteiger partial charge in [0.2, 0.25) is 10.0 Å². The van der Waals surface area contributed by atoms with Crippen LogP contribution in [0, 0.1) is 0 Å². The van der Waals surface area contributed by atoms with Crippen LogP contribution >= 0.6 is 0 Å². The normalized spacial score (nSPS) is 15.7. The Morgan fingerprint density at radius 1 is 0.963 bits per heavy atom. The van der Waals surface area contributed by atoms with Crippen molar-refractivity contribution < 1.29 is 13.2 Å². The summed E-state index contributed by atoms with van der Waals surface area (Å²) in [5, 5.41) is 2.93. The highest BCUT2D eigenvalue weighted by atomic mass is 32.2. The van der Waals surface area contributed by atoms with E-state index in [9.17, 15) is 13.2 Å². The van der Waals surface area contributed by atoms with Gasteiger partial charge < -0.3 is 5.32 Å². The number of nitrogens with one attached hydrogen (secondary N) is 1. The zero-order chi connectivity index (χ0) is 19.4. The van der Waals surface area contributed by atoms with Crippen molar-refractivity contribution in [1.82, 2.24) is 4.31 Å². The number of benzene rings is 2. The first kappa shape index (κ1) is 19.6. The van der Waals surface area contributed by atoms with Crippen LogP contribution in [0.1, 0.15) is 54.9 Å². The van der Waals surface area contributed by atoms with Crippen LogP contribution in [0.15, 0.2) is 53.4 Å². The highest BCUT2D eigenvalue weighted by Gasteiger charge is 2.26. The molecule has 0 atom stereocenters. The molecule has 0 bridgehead atoms.